The van der Waals surface area contributed by atoms with E-state index in [1.807, 2.05) is 53.9 Å². The largest absolute Gasteiger partial charge is 0.313 e. The summed E-state index contributed by atoms with van der Waals surface area (Å²) < 4.78 is 2.00. The molecule has 0 saturated heterocycles. The molecule has 0 unspecified atom stereocenters. The van der Waals surface area contributed by atoms with Crippen LogP contribution in [0.5, 0.6) is 0 Å². The van der Waals surface area contributed by atoms with Gasteiger partial charge in [0.15, 0.2) is 34.9 Å². The van der Waals surface area contributed by atoms with Crippen LogP contribution >= 0.6 is 47.8 Å². The molecule has 0 spiro atoms. The third kappa shape index (κ3) is 3.96. The van der Waals surface area contributed by atoms with Crippen LogP contribution in [0.1, 0.15) is 0 Å². The van der Waals surface area contributed by atoms with Crippen molar-refractivity contribution in [2.45, 2.75) is 0 Å². The van der Waals surface area contributed by atoms with Gasteiger partial charge >= 0.3 is 0 Å². The molecule has 8 bridgehead atoms. The maximum atomic E-state index is 4.50. The number of nitrogens with zero attached hydrogens (tertiary/aromatic N) is 12. The highest BCUT2D eigenvalue weighted by Gasteiger charge is 2.26. The quantitative estimate of drug-likeness (QED) is 0.263. The molecule has 1 aliphatic rings. The van der Waals surface area contributed by atoms with Crippen LogP contribution in [0.4, 0.5) is 46.5 Å². The van der Waals surface area contributed by atoms with Crippen LogP contribution in [0, 0.1) is 0 Å². The molecule has 0 atom stereocenters. The van der Waals surface area contributed by atoms with Gasteiger partial charge in [-0.2, -0.15) is 0 Å². The van der Waals surface area contributed by atoms with Gasteiger partial charge in [0.05, 0.1) is 0 Å². The molecule has 5 heterocycles. The van der Waals surface area contributed by atoms with Crippen molar-refractivity contribution in [3.63, 3.8) is 0 Å². The van der Waals surface area contributed by atoms with Crippen molar-refractivity contribution < 1.29 is 0 Å². The minimum atomic E-state index is 0.605. The van der Waals surface area contributed by atoms with Gasteiger partial charge in [-0.1, -0.05) is 0 Å². The third-order valence-electron chi connectivity index (χ3n) is 5.49. The number of fused-ring (bicyclic) bond motifs is 8. The molecular formula is C20H17Br3N12. The lowest BCUT2D eigenvalue weighted by atomic mass is 10.3. The van der Waals surface area contributed by atoms with E-state index in [4.69, 9.17) is 0 Å². The number of rotatable bonds is 0. The summed E-state index contributed by atoms with van der Waals surface area (Å²) in [7, 11) is 7.48. The summed E-state index contributed by atoms with van der Waals surface area (Å²) in [5.74, 6) is 4.94. The number of anilines is 8. The van der Waals surface area contributed by atoms with E-state index in [0.29, 0.717) is 60.0 Å². The molecule has 0 fully saturated rings. The maximum Gasteiger partial charge on any atom is 0.153 e. The Kier molecular flexibility index (Phi) is 6.23. The van der Waals surface area contributed by atoms with Crippen LogP contribution in [-0.4, -0.2) is 68.1 Å². The minimum Gasteiger partial charge on any atom is -0.313 e. The number of aromatic nitrogens is 8. The fourth-order valence-electron chi connectivity index (χ4n) is 3.58. The van der Waals surface area contributed by atoms with Gasteiger partial charge in [-0.05, 0) is 47.8 Å². The molecule has 12 nitrogen and oxygen atoms in total. The minimum absolute atomic E-state index is 0.605. The Morgan fingerprint density at radius 1 is 0.429 bits per heavy atom. The van der Waals surface area contributed by atoms with Crippen LogP contribution in [0.25, 0.3) is 0 Å². The van der Waals surface area contributed by atoms with E-state index in [0.717, 1.165) is 0 Å². The monoisotopic (exact) mass is 662 g/mol. The van der Waals surface area contributed by atoms with Gasteiger partial charge in [0.25, 0.3) is 0 Å². The third-order valence-corrected chi connectivity index (χ3v) is 7.62. The Morgan fingerprint density at radius 2 is 0.686 bits per heavy atom. The highest BCUT2D eigenvalue weighted by atomic mass is 79.9. The standard InChI is InChI=1S/C20H17Br3N12/c1-32-10-5-11(25-6-24-10)33(2)16-13(22)18(29-8-27-16)35(4)20-14(23)19(30-9-31-20)34(3)17-12(21)15(32)26-7-28-17/h5-9H,1-4H3. The highest BCUT2D eigenvalue weighted by molar-refractivity contribution is 9.11. The van der Waals surface area contributed by atoms with Gasteiger partial charge in [-0.15, -0.1) is 0 Å². The predicted molar refractivity (Wildman–Crippen MR) is 143 cm³/mol. The van der Waals surface area contributed by atoms with Crippen molar-refractivity contribution in [1.29, 1.82) is 0 Å². The lowest BCUT2D eigenvalue weighted by molar-refractivity contribution is 0.957. The summed E-state index contributed by atoms with van der Waals surface area (Å²) >= 11 is 11.1. The van der Waals surface area contributed by atoms with E-state index in [1.54, 1.807) is 0 Å². The Morgan fingerprint density at radius 3 is 1.00 bits per heavy atom. The second kappa shape index (κ2) is 9.20. The lowest BCUT2D eigenvalue weighted by Crippen LogP contribution is -2.22. The number of hydrogen-bond donors (Lipinski definition) is 0. The second-order valence-corrected chi connectivity index (χ2v) is 9.85. The molecular weight excluding hydrogens is 648 g/mol. The van der Waals surface area contributed by atoms with Gasteiger partial charge in [0, 0.05) is 34.3 Å². The predicted octanol–water partition coefficient (Wildman–Crippen LogP) is 4.52. The smallest absolute Gasteiger partial charge is 0.153 e. The van der Waals surface area contributed by atoms with Crippen molar-refractivity contribution in [1.82, 2.24) is 39.9 Å². The normalized spacial score (nSPS) is 13.3. The fraction of sp³-hybridized carbons (Fsp3) is 0.200. The molecule has 0 aliphatic carbocycles. The first-order chi connectivity index (χ1) is 16.8. The van der Waals surface area contributed by atoms with Gasteiger partial charge in [-0.25, -0.2) is 39.9 Å². The van der Waals surface area contributed by atoms with Crippen LogP contribution in [0.2, 0.25) is 0 Å². The fourth-order valence-corrected chi connectivity index (χ4v) is 5.79. The van der Waals surface area contributed by atoms with Crippen molar-refractivity contribution in [3.05, 3.63) is 44.8 Å². The highest BCUT2D eigenvalue weighted by Crippen LogP contribution is 2.43. The summed E-state index contributed by atoms with van der Waals surface area (Å²) in [6.07, 6.45) is 5.99. The zero-order chi connectivity index (χ0) is 24.9. The van der Waals surface area contributed by atoms with E-state index in [2.05, 4.69) is 87.7 Å². The van der Waals surface area contributed by atoms with Gasteiger partial charge in [-0.3, -0.25) is 0 Å². The van der Waals surface area contributed by atoms with E-state index >= 15 is 0 Å². The summed E-state index contributed by atoms with van der Waals surface area (Å²) in [4.78, 5) is 43.3. The molecule has 35 heavy (non-hydrogen) atoms. The number of halogens is 3. The second-order valence-electron chi connectivity index (χ2n) is 7.48. The first-order valence-electron chi connectivity index (χ1n) is 10.1. The van der Waals surface area contributed by atoms with Crippen LogP contribution in [-0.2, 0) is 0 Å². The first-order valence-corrected chi connectivity index (χ1v) is 12.5. The molecule has 0 amide bonds. The van der Waals surface area contributed by atoms with Crippen LogP contribution in [0.3, 0.4) is 0 Å². The Bertz CT molecular complexity index is 1340. The van der Waals surface area contributed by atoms with E-state index < -0.39 is 0 Å². The van der Waals surface area contributed by atoms with Crippen molar-refractivity contribution in [2.24, 2.45) is 0 Å². The molecule has 4 aromatic heterocycles. The SMILES string of the molecule is CN1c2cc(ncn2)N(C)c2ncnc(c2Br)N(C)c2ncnc(c2Br)N(C)c2ncnc1c2Br. The molecule has 1 aliphatic heterocycles. The topological polar surface area (TPSA) is 116 Å². The Hall–Kier alpha value is -3.04. The van der Waals surface area contributed by atoms with Crippen molar-refractivity contribution in [2.75, 3.05) is 47.8 Å². The molecule has 5 rings (SSSR count). The molecule has 0 N–H and O–H groups in total. The zero-order valence-electron chi connectivity index (χ0n) is 18.9. The summed E-state index contributed by atoms with van der Waals surface area (Å²) in [5.41, 5.74) is 0. The average Bonchev–Trinajstić information content (AvgIpc) is 2.87. The van der Waals surface area contributed by atoms with Gasteiger partial charge in [0.2, 0.25) is 0 Å². The van der Waals surface area contributed by atoms with Crippen molar-refractivity contribution in [3.8, 4) is 0 Å². The molecule has 4 aromatic rings. The van der Waals surface area contributed by atoms with Crippen LogP contribution < -0.4 is 19.6 Å². The average molecular weight is 665 g/mol. The summed E-state index contributed by atoms with van der Waals surface area (Å²) in [5, 5.41) is 0. The van der Waals surface area contributed by atoms with Crippen molar-refractivity contribution >= 4 is 94.3 Å². The lowest BCUT2D eigenvalue weighted by Gasteiger charge is -2.27. The zero-order valence-corrected chi connectivity index (χ0v) is 23.6. The summed E-state index contributed by atoms with van der Waals surface area (Å²) in [6, 6.07) is 1.85. The molecule has 0 aromatic carbocycles. The van der Waals surface area contributed by atoms with Crippen LogP contribution in [0.15, 0.2) is 44.8 Å². The van der Waals surface area contributed by atoms with E-state index in [1.165, 1.54) is 25.3 Å². The Balaban J connectivity index is 1.81. The molecule has 178 valence electrons. The molecule has 15 heteroatoms. The number of hydrogen-bond acceptors (Lipinski definition) is 12. The van der Waals surface area contributed by atoms with Gasteiger partial charge < -0.3 is 19.6 Å². The molecule has 0 saturated carbocycles. The van der Waals surface area contributed by atoms with Gasteiger partial charge in [0.1, 0.15) is 50.4 Å². The molecule has 0 radical (unpaired) electrons. The first kappa shape index (κ1) is 23.7. The summed E-state index contributed by atoms with van der Waals surface area (Å²) in [6.45, 7) is 0. The van der Waals surface area contributed by atoms with E-state index in [-0.39, 0.29) is 0 Å². The van der Waals surface area contributed by atoms with E-state index in [9.17, 15) is 0 Å². The maximum absolute atomic E-state index is 4.50. The Labute approximate surface area is 225 Å².